The molecule has 0 saturated carbocycles. The largest absolute Gasteiger partial charge is 0.485 e. The number of hydrogen-bond donors (Lipinski definition) is 1. The highest BCUT2D eigenvalue weighted by Gasteiger charge is 2.16. The predicted octanol–water partition coefficient (Wildman–Crippen LogP) is 2.71. The van der Waals surface area contributed by atoms with Gasteiger partial charge in [-0.1, -0.05) is 13.3 Å². The topological polar surface area (TPSA) is 65.3 Å². The van der Waals surface area contributed by atoms with Gasteiger partial charge in [-0.25, -0.2) is 0 Å². The molecule has 1 rings (SSSR count). The van der Waals surface area contributed by atoms with Crippen LogP contribution in [-0.4, -0.2) is 22.3 Å². The number of thiol groups is 1. The van der Waals surface area contributed by atoms with E-state index < -0.39 is 4.92 Å². The Morgan fingerprint density at radius 1 is 1.65 bits per heavy atom. The van der Waals surface area contributed by atoms with Gasteiger partial charge in [0.1, 0.15) is 6.20 Å². The molecule has 0 N–H and O–H groups in total. The Balaban J connectivity index is 2.65. The normalized spacial score (nSPS) is 12.1. The Labute approximate surface area is 106 Å². The maximum absolute atomic E-state index is 10.7. The van der Waals surface area contributed by atoms with Crippen LogP contribution in [0.2, 0.25) is 0 Å². The van der Waals surface area contributed by atoms with Crippen LogP contribution in [0.1, 0.15) is 19.8 Å². The molecule has 0 fully saturated rings. The van der Waals surface area contributed by atoms with Crippen molar-refractivity contribution in [2.24, 2.45) is 5.92 Å². The second-order valence-corrected chi connectivity index (χ2v) is 4.10. The SMILES string of the molecule is CCCC(CS)COc1cccnc1[N+](=O)[O-]. The Bertz CT molecular complexity index is 373. The minimum atomic E-state index is -0.537. The van der Waals surface area contributed by atoms with E-state index in [1.54, 1.807) is 12.1 Å². The summed E-state index contributed by atoms with van der Waals surface area (Å²) in [7, 11) is 0. The standard InChI is InChI=1S/C11H16N2O3S/c1-2-4-9(8-17)7-16-10-5-3-6-12-11(10)13(14)15/h3,5-6,9,17H,2,4,7-8H2,1H3. The molecule has 0 radical (unpaired) electrons. The summed E-state index contributed by atoms with van der Waals surface area (Å²) in [4.78, 5) is 13.9. The molecule has 1 aromatic heterocycles. The molecule has 0 amide bonds. The van der Waals surface area contributed by atoms with Crippen LogP contribution in [0.3, 0.4) is 0 Å². The van der Waals surface area contributed by atoms with Crippen molar-refractivity contribution in [1.29, 1.82) is 0 Å². The van der Waals surface area contributed by atoms with E-state index in [1.165, 1.54) is 6.20 Å². The van der Waals surface area contributed by atoms with Crippen molar-refractivity contribution < 1.29 is 9.66 Å². The van der Waals surface area contributed by atoms with Crippen LogP contribution in [0, 0.1) is 16.0 Å². The Morgan fingerprint density at radius 2 is 2.41 bits per heavy atom. The summed E-state index contributed by atoms with van der Waals surface area (Å²) in [6, 6.07) is 3.19. The van der Waals surface area contributed by atoms with E-state index in [9.17, 15) is 10.1 Å². The fourth-order valence-electron chi connectivity index (χ4n) is 1.48. The highest BCUT2D eigenvalue weighted by atomic mass is 32.1. The molecule has 0 aliphatic rings. The maximum Gasteiger partial charge on any atom is 0.406 e. The van der Waals surface area contributed by atoms with E-state index in [4.69, 9.17) is 4.74 Å². The van der Waals surface area contributed by atoms with Gasteiger partial charge in [0.2, 0.25) is 5.75 Å². The van der Waals surface area contributed by atoms with E-state index in [0.717, 1.165) is 12.8 Å². The molecule has 1 heterocycles. The van der Waals surface area contributed by atoms with Crippen LogP contribution in [0.5, 0.6) is 5.75 Å². The van der Waals surface area contributed by atoms with Crippen LogP contribution in [-0.2, 0) is 0 Å². The van der Waals surface area contributed by atoms with Crippen LogP contribution in [0.4, 0.5) is 5.82 Å². The number of nitrogens with zero attached hydrogens (tertiary/aromatic N) is 2. The van der Waals surface area contributed by atoms with Crippen LogP contribution >= 0.6 is 12.6 Å². The average Bonchev–Trinajstić information content (AvgIpc) is 2.34. The third kappa shape index (κ3) is 4.22. The first kappa shape index (κ1) is 13.8. The first-order valence-corrected chi connectivity index (χ1v) is 6.15. The van der Waals surface area contributed by atoms with Crippen LogP contribution in [0.15, 0.2) is 18.3 Å². The second kappa shape index (κ2) is 7.11. The van der Waals surface area contributed by atoms with Crippen molar-refractivity contribution in [3.05, 3.63) is 28.4 Å². The molecule has 0 spiro atoms. The third-order valence-electron chi connectivity index (χ3n) is 2.35. The monoisotopic (exact) mass is 256 g/mol. The predicted molar refractivity (Wildman–Crippen MR) is 68.6 cm³/mol. The Hall–Kier alpha value is -1.30. The molecule has 1 aromatic rings. The van der Waals surface area contributed by atoms with Crippen molar-refractivity contribution >= 4 is 18.4 Å². The van der Waals surface area contributed by atoms with E-state index in [2.05, 4.69) is 24.5 Å². The van der Waals surface area contributed by atoms with E-state index >= 15 is 0 Å². The summed E-state index contributed by atoms with van der Waals surface area (Å²) >= 11 is 4.23. The molecule has 17 heavy (non-hydrogen) atoms. The highest BCUT2D eigenvalue weighted by Crippen LogP contribution is 2.24. The smallest absolute Gasteiger partial charge is 0.406 e. The van der Waals surface area contributed by atoms with Gasteiger partial charge >= 0.3 is 5.82 Å². The lowest BCUT2D eigenvalue weighted by atomic mass is 10.1. The molecule has 94 valence electrons. The third-order valence-corrected chi connectivity index (χ3v) is 2.87. The van der Waals surface area contributed by atoms with Crippen molar-refractivity contribution in [3.63, 3.8) is 0 Å². The number of pyridine rings is 1. The van der Waals surface area contributed by atoms with Crippen LogP contribution in [0.25, 0.3) is 0 Å². The van der Waals surface area contributed by atoms with Crippen LogP contribution < -0.4 is 4.74 Å². The molecule has 5 nitrogen and oxygen atoms in total. The molecule has 0 bridgehead atoms. The number of nitro groups is 1. The number of aromatic nitrogens is 1. The van der Waals surface area contributed by atoms with E-state index in [1.807, 2.05) is 0 Å². The lowest BCUT2D eigenvalue weighted by Crippen LogP contribution is -2.14. The summed E-state index contributed by atoms with van der Waals surface area (Å²) in [5.74, 6) is 1.01. The zero-order valence-corrected chi connectivity index (χ0v) is 10.6. The second-order valence-electron chi connectivity index (χ2n) is 3.73. The van der Waals surface area contributed by atoms with E-state index in [-0.39, 0.29) is 11.6 Å². The lowest BCUT2D eigenvalue weighted by Gasteiger charge is -2.14. The van der Waals surface area contributed by atoms with E-state index in [0.29, 0.717) is 18.3 Å². The van der Waals surface area contributed by atoms with Crippen molar-refractivity contribution in [2.75, 3.05) is 12.4 Å². The number of hydrogen-bond acceptors (Lipinski definition) is 5. The van der Waals surface area contributed by atoms with Gasteiger partial charge in [0.25, 0.3) is 0 Å². The first-order chi connectivity index (χ1) is 8.19. The molecule has 0 aliphatic carbocycles. The maximum atomic E-state index is 10.7. The lowest BCUT2D eigenvalue weighted by molar-refractivity contribution is -0.390. The van der Waals surface area contributed by atoms with Gasteiger partial charge in [-0.15, -0.1) is 0 Å². The Kier molecular flexibility index (Phi) is 5.76. The molecule has 0 saturated heterocycles. The van der Waals surface area contributed by atoms with Gasteiger partial charge in [-0.3, -0.25) is 0 Å². The minimum Gasteiger partial charge on any atom is -0.485 e. The minimum absolute atomic E-state index is 0.223. The number of ether oxygens (including phenoxy) is 1. The zero-order chi connectivity index (χ0) is 12.7. The number of rotatable bonds is 7. The van der Waals surface area contributed by atoms with Crippen molar-refractivity contribution in [2.45, 2.75) is 19.8 Å². The molecule has 1 atom stereocenters. The van der Waals surface area contributed by atoms with Crippen molar-refractivity contribution in [3.8, 4) is 5.75 Å². The van der Waals surface area contributed by atoms with Gasteiger partial charge in [0.15, 0.2) is 0 Å². The fourth-order valence-corrected chi connectivity index (χ4v) is 1.76. The van der Waals surface area contributed by atoms with Crippen molar-refractivity contribution in [1.82, 2.24) is 4.98 Å². The molecule has 6 heteroatoms. The first-order valence-electron chi connectivity index (χ1n) is 5.52. The van der Waals surface area contributed by atoms with Gasteiger partial charge in [-0.05, 0) is 34.2 Å². The quantitative estimate of drug-likeness (QED) is 0.463. The zero-order valence-electron chi connectivity index (χ0n) is 9.70. The van der Waals surface area contributed by atoms with Gasteiger partial charge in [-0.2, -0.15) is 12.6 Å². The Morgan fingerprint density at radius 3 is 3.00 bits per heavy atom. The summed E-state index contributed by atoms with van der Waals surface area (Å²) < 4.78 is 5.45. The van der Waals surface area contributed by atoms with Gasteiger partial charge in [0.05, 0.1) is 6.61 Å². The summed E-state index contributed by atoms with van der Waals surface area (Å²) in [5.41, 5.74) is 0. The average molecular weight is 256 g/mol. The fraction of sp³-hybridized carbons (Fsp3) is 0.545. The molecule has 0 aliphatic heterocycles. The highest BCUT2D eigenvalue weighted by molar-refractivity contribution is 7.80. The summed E-state index contributed by atoms with van der Waals surface area (Å²) in [6.07, 6.45) is 3.43. The molecule has 1 unspecified atom stereocenters. The van der Waals surface area contributed by atoms with Gasteiger partial charge < -0.3 is 14.9 Å². The summed E-state index contributed by atoms with van der Waals surface area (Å²) in [5, 5.41) is 10.7. The molecule has 0 aromatic carbocycles. The summed E-state index contributed by atoms with van der Waals surface area (Å²) in [6.45, 7) is 2.52. The molecular formula is C11H16N2O3S. The van der Waals surface area contributed by atoms with Gasteiger partial charge in [0, 0.05) is 5.92 Å². The molecular weight excluding hydrogens is 240 g/mol.